The Labute approximate surface area is 112 Å². The van der Waals surface area contributed by atoms with Crippen molar-refractivity contribution in [2.45, 2.75) is 18.9 Å². The Bertz CT molecular complexity index is 388. The van der Waals surface area contributed by atoms with Crippen molar-refractivity contribution in [2.24, 2.45) is 0 Å². The highest BCUT2D eigenvalue weighted by Gasteiger charge is 2.14. The van der Waals surface area contributed by atoms with Gasteiger partial charge in [-0.1, -0.05) is 11.6 Å². The maximum absolute atomic E-state index is 11.6. The molecule has 0 saturated carbocycles. The summed E-state index contributed by atoms with van der Waals surface area (Å²) in [5.74, 6) is -0.143. The van der Waals surface area contributed by atoms with Crippen LogP contribution in [0.4, 0.5) is 5.69 Å². The number of hydrogen-bond donors (Lipinski definition) is 2. The van der Waals surface area contributed by atoms with Crippen molar-refractivity contribution in [1.29, 1.82) is 0 Å². The Hall–Kier alpha value is -1.10. The third-order valence-electron chi connectivity index (χ3n) is 2.84. The summed E-state index contributed by atoms with van der Waals surface area (Å²) in [6.07, 6.45) is 2.31. The summed E-state index contributed by atoms with van der Waals surface area (Å²) in [4.78, 5) is 11.6. The van der Waals surface area contributed by atoms with Crippen molar-refractivity contribution < 1.29 is 9.53 Å². The Balaban J connectivity index is 1.66. The highest BCUT2D eigenvalue weighted by atomic mass is 35.5. The summed E-state index contributed by atoms with van der Waals surface area (Å²) < 4.78 is 5.37. The maximum atomic E-state index is 11.6. The van der Waals surface area contributed by atoms with E-state index in [1.54, 1.807) is 24.3 Å². The molecule has 1 aliphatic rings. The van der Waals surface area contributed by atoms with E-state index in [2.05, 4.69) is 10.6 Å². The fourth-order valence-corrected chi connectivity index (χ4v) is 2.05. The minimum atomic E-state index is -0.143. The van der Waals surface area contributed by atoms with Gasteiger partial charge in [-0.05, 0) is 43.7 Å². The molecule has 18 heavy (non-hydrogen) atoms. The summed E-state index contributed by atoms with van der Waals surface area (Å²) in [5, 5.41) is 6.72. The van der Waals surface area contributed by atoms with E-state index in [0.717, 1.165) is 18.7 Å². The molecule has 1 aromatic carbocycles. The Morgan fingerprint density at radius 3 is 2.89 bits per heavy atom. The Morgan fingerprint density at radius 2 is 2.22 bits per heavy atom. The molecule has 2 rings (SSSR count). The molecule has 1 unspecified atom stereocenters. The number of rotatable bonds is 5. The predicted octanol–water partition coefficient (Wildman–Crippen LogP) is 2.05. The van der Waals surface area contributed by atoms with E-state index in [4.69, 9.17) is 16.3 Å². The highest BCUT2D eigenvalue weighted by molar-refractivity contribution is 6.30. The molecule has 1 heterocycles. The van der Waals surface area contributed by atoms with Gasteiger partial charge in [-0.15, -0.1) is 0 Å². The molecule has 0 radical (unpaired) electrons. The molecule has 1 atom stereocenters. The molecule has 1 aliphatic heterocycles. The lowest BCUT2D eigenvalue weighted by atomic mass is 10.2. The van der Waals surface area contributed by atoms with Crippen LogP contribution in [0.2, 0.25) is 5.02 Å². The van der Waals surface area contributed by atoms with E-state index in [1.807, 2.05) is 0 Å². The molecule has 0 bridgehead atoms. The second-order valence-electron chi connectivity index (χ2n) is 4.36. The van der Waals surface area contributed by atoms with Gasteiger partial charge in [-0.2, -0.15) is 0 Å². The Morgan fingerprint density at radius 1 is 1.44 bits per heavy atom. The van der Waals surface area contributed by atoms with Crippen LogP contribution in [0, 0.1) is 0 Å². The minimum Gasteiger partial charge on any atom is -0.370 e. The van der Waals surface area contributed by atoms with Crippen LogP contribution in [0.1, 0.15) is 12.8 Å². The van der Waals surface area contributed by atoms with Gasteiger partial charge < -0.3 is 15.4 Å². The first-order valence-corrected chi connectivity index (χ1v) is 6.48. The summed E-state index contributed by atoms with van der Waals surface area (Å²) in [6.45, 7) is 1.72. The van der Waals surface area contributed by atoms with Gasteiger partial charge in [0.15, 0.2) is 0 Å². The van der Waals surface area contributed by atoms with E-state index >= 15 is 0 Å². The fourth-order valence-electron chi connectivity index (χ4n) is 1.92. The molecular weight excluding hydrogens is 252 g/mol. The van der Waals surface area contributed by atoms with Gasteiger partial charge >= 0.3 is 0 Å². The third kappa shape index (κ3) is 4.29. The van der Waals surface area contributed by atoms with Gasteiger partial charge in [0, 0.05) is 16.8 Å². The molecule has 1 amide bonds. The minimum absolute atomic E-state index is 0.0841. The lowest BCUT2D eigenvalue weighted by Gasteiger charge is -2.10. The lowest BCUT2D eigenvalue weighted by molar-refractivity contribution is -0.120. The van der Waals surface area contributed by atoms with Gasteiger partial charge in [0.2, 0.25) is 5.91 Å². The second kappa shape index (κ2) is 6.73. The van der Waals surface area contributed by atoms with Crippen molar-refractivity contribution in [3.05, 3.63) is 29.3 Å². The molecule has 0 spiro atoms. The molecule has 98 valence electrons. The molecule has 1 saturated heterocycles. The topological polar surface area (TPSA) is 50.4 Å². The van der Waals surface area contributed by atoms with Crippen molar-refractivity contribution >= 4 is 23.2 Å². The number of hydrogen-bond acceptors (Lipinski definition) is 3. The van der Waals surface area contributed by atoms with Crippen LogP contribution in [-0.2, 0) is 9.53 Å². The van der Waals surface area contributed by atoms with E-state index in [1.165, 1.54) is 6.42 Å². The number of amides is 1. The quantitative estimate of drug-likeness (QED) is 0.859. The number of ether oxygens (including phenoxy) is 1. The zero-order valence-electron chi connectivity index (χ0n) is 10.1. The van der Waals surface area contributed by atoms with E-state index in [0.29, 0.717) is 17.7 Å². The number of nitrogens with one attached hydrogen (secondary N) is 2. The lowest BCUT2D eigenvalue weighted by Crippen LogP contribution is -2.29. The molecule has 2 N–H and O–H groups in total. The van der Waals surface area contributed by atoms with Crippen molar-refractivity contribution in [2.75, 3.05) is 25.1 Å². The number of carbonyl (C=O) groups excluding carboxylic acids is 1. The molecule has 5 heteroatoms. The van der Waals surface area contributed by atoms with Gasteiger partial charge in [0.1, 0.15) is 6.61 Å². The zero-order valence-corrected chi connectivity index (χ0v) is 10.9. The zero-order chi connectivity index (χ0) is 12.8. The molecule has 0 aliphatic carbocycles. The van der Waals surface area contributed by atoms with Crippen molar-refractivity contribution in [1.82, 2.24) is 5.32 Å². The number of anilines is 1. The van der Waals surface area contributed by atoms with Gasteiger partial charge in [0.25, 0.3) is 0 Å². The number of benzene rings is 1. The van der Waals surface area contributed by atoms with E-state index in [9.17, 15) is 4.79 Å². The van der Waals surface area contributed by atoms with Gasteiger partial charge in [0.05, 0.1) is 6.61 Å². The highest BCUT2D eigenvalue weighted by Crippen LogP contribution is 2.13. The summed E-state index contributed by atoms with van der Waals surface area (Å²) in [5.41, 5.74) is 0.729. The molecule has 1 fully saturated rings. The molecule has 0 aromatic heterocycles. The largest absolute Gasteiger partial charge is 0.370 e. The molecule has 1 aromatic rings. The first-order chi connectivity index (χ1) is 8.74. The van der Waals surface area contributed by atoms with E-state index in [-0.39, 0.29) is 12.5 Å². The third-order valence-corrected chi connectivity index (χ3v) is 3.09. The summed E-state index contributed by atoms with van der Waals surface area (Å²) in [6, 6.07) is 7.40. The van der Waals surface area contributed by atoms with Crippen LogP contribution >= 0.6 is 11.6 Å². The van der Waals surface area contributed by atoms with E-state index < -0.39 is 0 Å². The van der Waals surface area contributed by atoms with Crippen LogP contribution in [0.15, 0.2) is 24.3 Å². The first kappa shape index (κ1) is 13.3. The average molecular weight is 269 g/mol. The summed E-state index contributed by atoms with van der Waals surface area (Å²) in [7, 11) is 0. The van der Waals surface area contributed by atoms with Gasteiger partial charge in [-0.3, -0.25) is 4.79 Å². The molecule has 4 nitrogen and oxygen atoms in total. The number of halogens is 1. The standard InChI is InChI=1S/C13H17ClN2O2/c14-10-3-5-11(6-4-10)16-13(17)9-18-8-12-2-1-7-15-12/h3-6,12,15H,1-2,7-9H2,(H,16,17). The van der Waals surface area contributed by atoms with Crippen molar-refractivity contribution in [3.63, 3.8) is 0 Å². The monoisotopic (exact) mass is 268 g/mol. The van der Waals surface area contributed by atoms with Crippen LogP contribution in [-0.4, -0.2) is 31.7 Å². The smallest absolute Gasteiger partial charge is 0.250 e. The van der Waals surface area contributed by atoms with Crippen LogP contribution in [0.5, 0.6) is 0 Å². The van der Waals surface area contributed by atoms with Crippen LogP contribution in [0.25, 0.3) is 0 Å². The van der Waals surface area contributed by atoms with Crippen molar-refractivity contribution in [3.8, 4) is 0 Å². The maximum Gasteiger partial charge on any atom is 0.250 e. The van der Waals surface area contributed by atoms with Crippen LogP contribution in [0.3, 0.4) is 0 Å². The SMILES string of the molecule is O=C(COCC1CCCN1)Nc1ccc(Cl)cc1. The average Bonchev–Trinajstić information content (AvgIpc) is 2.85. The number of carbonyl (C=O) groups is 1. The van der Waals surface area contributed by atoms with Gasteiger partial charge in [-0.25, -0.2) is 0 Å². The summed E-state index contributed by atoms with van der Waals surface area (Å²) >= 11 is 5.76. The van der Waals surface area contributed by atoms with Crippen LogP contribution < -0.4 is 10.6 Å². The second-order valence-corrected chi connectivity index (χ2v) is 4.80. The molecular formula is C13H17ClN2O2. The first-order valence-electron chi connectivity index (χ1n) is 6.10. The fraction of sp³-hybridized carbons (Fsp3) is 0.462. The normalized spacial score (nSPS) is 18.8. The predicted molar refractivity (Wildman–Crippen MR) is 71.9 cm³/mol. The Kier molecular flexibility index (Phi) is 4.99.